The Hall–Kier alpha value is -2.65. The zero-order chi connectivity index (χ0) is 21.7. The zero-order valence-corrected chi connectivity index (χ0v) is 18.6. The number of benzene rings is 1. The summed E-state index contributed by atoms with van der Waals surface area (Å²) in [4.78, 5) is 16.2. The second-order valence-electron chi connectivity index (χ2n) is 8.44. The Morgan fingerprint density at radius 1 is 1.03 bits per heavy atom. The summed E-state index contributed by atoms with van der Waals surface area (Å²) in [6.45, 7) is 14.6. The molecule has 0 saturated carbocycles. The van der Waals surface area contributed by atoms with Gasteiger partial charge in [0, 0.05) is 17.6 Å². The molecule has 1 aliphatic rings. The van der Waals surface area contributed by atoms with Gasteiger partial charge in [-0.3, -0.25) is 0 Å². The van der Waals surface area contributed by atoms with Gasteiger partial charge in [-0.05, 0) is 44.3 Å². The Labute approximate surface area is 178 Å². The smallest absolute Gasteiger partial charge is 0.232 e. The third-order valence-corrected chi connectivity index (χ3v) is 5.00. The molecule has 0 spiro atoms. The number of aliphatic hydroxyl groups excluding tert-OH is 1. The van der Waals surface area contributed by atoms with E-state index in [4.69, 9.17) is 0 Å². The van der Waals surface area contributed by atoms with Crippen LogP contribution in [0.5, 0.6) is 0 Å². The van der Waals surface area contributed by atoms with E-state index in [0.29, 0.717) is 11.9 Å². The molecule has 0 saturated heterocycles. The summed E-state index contributed by atoms with van der Waals surface area (Å²) in [6, 6.07) is 5.73. The third-order valence-electron chi connectivity index (χ3n) is 5.00. The van der Waals surface area contributed by atoms with Gasteiger partial charge in [-0.15, -0.1) is 0 Å². The van der Waals surface area contributed by atoms with E-state index in [-0.39, 0.29) is 5.41 Å². The fraction of sp³-hybridized carbons (Fsp3) is 0.571. The lowest BCUT2D eigenvalue weighted by Crippen LogP contribution is -2.26. The van der Waals surface area contributed by atoms with Gasteiger partial charge in [-0.1, -0.05) is 34.6 Å². The molecular weight excluding hydrogens is 380 g/mol. The molecule has 0 aliphatic carbocycles. The molecule has 2 heterocycles. The number of aliphatic hydroxyl groups is 1. The van der Waals surface area contributed by atoms with E-state index in [1.165, 1.54) is 0 Å². The van der Waals surface area contributed by atoms with E-state index < -0.39 is 6.35 Å². The van der Waals surface area contributed by atoms with Crippen LogP contribution in [0.3, 0.4) is 0 Å². The highest BCUT2D eigenvalue weighted by Gasteiger charge is 2.21. The van der Waals surface area contributed by atoms with E-state index >= 15 is 0 Å². The minimum atomic E-state index is -0.771. The van der Waals surface area contributed by atoms with Gasteiger partial charge in [-0.2, -0.15) is 15.0 Å². The maximum absolute atomic E-state index is 9.68. The molecule has 1 atom stereocenters. The number of nitrogens with one attached hydrogen (secondary N) is 4. The highest BCUT2D eigenvalue weighted by molar-refractivity contribution is 5.78. The predicted molar refractivity (Wildman–Crippen MR) is 122 cm³/mol. The van der Waals surface area contributed by atoms with Gasteiger partial charge in [-0.25, -0.2) is 0 Å². The monoisotopic (exact) mass is 414 g/mol. The van der Waals surface area contributed by atoms with E-state index in [2.05, 4.69) is 75.7 Å². The average molecular weight is 415 g/mol. The van der Waals surface area contributed by atoms with Crippen LogP contribution in [0.1, 0.15) is 46.9 Å². The summed E-state index contributed by atoms with van der Waals surface area (Å²) in [5, 5.41) is 22.2. The molecule has 0 bridgehead atoms. The maximum atomic E-state index is 9.68. The SMILES string of the molecule is CCN(CC)CCCNc1nc(Nc2ccc3c(c2)NC(O)N3)nc(C(C)(C)C)n1. The number of aromatic nitrogens is 3. The van der Waals surface area contributed by atoms with Crippen molar-refractivity contribution in [3.05, 3.63) is 24.0 Å². The van der Waals surface area contributed by atoms with Crippen molar-refractivity contribution in [2.75, 3.05) is 47.4 Å². The summed E-state index contributed by atoms with van der Waals surface area (Å²) in [5.41, 5.74) is 2.31. The number of nitrogens with zero attached hydrogens (tertiary/aromatic N) is 4. The minimum Gasteiger partial charge on any atom is -0.357 e. The summed E-state index contributed by atoms with van der Waals surface area (Å²) in [6.07, 6.45) is 0.249. The third kappa shape index (κ3) is 5.70. The molecule has 9 heteroatoms. The first-order valence-corrected chi connectivity index (χ1v) is 10.6. The van der Waals surface area contributed by atoms with Crippen molar-refractivity contribution in [3.63, 3.8) is 0 Å². The van der Waals surface area contributed by atoms with Crippen LogP contribution >= 0.6 is 0 Å². The van der Waals surface area contributed by atoms with Crippen LogP contribution in [0.4, 0.5) is 29.0 Å². The van der Waals surface area contributed by atoms with Crippen LogP contribution in [0.25, 0.3) is 0 Å². The van der Waals surface area contributed by atoms with Gasteiger partial charge in [0.25, 0.3) is 0 Å². The van der Waals surface area contributed by atoms with Gasteiger partial charge >= 0.3 is 0 Å². The second-order valence-corrected chi connectivity index (χ2v) is 8.44. The van der Waals surface area contributed by atoms with Crippen molar-refractivity contribution in [1.29, 1.82) is 0 Å². The molecule has 0 radical (unpaired) electrons. The van der Waals surface area contributed by atoms with Crippen LogP contribution in [0.2, 0.25) is 0 Å². The normalized spacial score (nSPS) is 15.5. The quantitative estimate of drug-likeness (QED) is 0.395. The van der Waals surface area contributed by atoms with Crippen LogP contribution in [0.15, 0.2) is 18.2 Å². The van der Waals surface area contributed by atoms with E-state index in [9.17, 15) is 5.11 Å². The summed E-state index contributed by atoms with van der Waals surface area (Å²) in [7, 11) is 0. The minimum absolute atomic E-state index is 0.204. The van der Waals surface area contributed by atoms with Crippen LogP contribution in [0, 0.1) is 0 Å². The molecule has 0 amide bonds. The maximum Gasteiger partial charge on any atom is 0.232 e. The lowest BCUT2D eigenvalue weighted by atomic mass is 9.96. The first kappa shape index (κ1) is 22.0. The zero-order valence-electron chi connectivity index (χ0n) is 18.6. The molecule has 9 nitrogen and oxygen atoms in total. The average Bonchev–Trinajstić information content (AvgIpc) is 3.06. The number of anilines is 5. The molecule has 1 unspecified atom stereocenters. The fourth-order valence-corrected chi connectivity index (χ4v) is 3.22. The molecule has 0 fully saturated rings. The fourth-order valence-electron chi connectivity index (χ4n) is 3.22. The van der Waals surface area contributed by atoms with Crippen LogP contribution in [-0.2, 0) is 5.41 Å². The molecule has 5 N–H and O–H groups in total. The van der Waals surface area contributed by atoms with Crippen molar-refractivity contribution in [1.82, 2.24) is 19.9 Å². The predicted octanol–water partition coefficient (Wildman–Crippen LogP) is 3.17. The molecule has 1 aromatic heterocycles. The van der Waals surface area contributed by atoms with E-state index in [1.54, 1.807) is 0 Å². The molecule has 1 aromatic carbocycles. The molecule has 1 aliphatic heterocycles. The van der Waals surface area contributed by atoms with Gasteiger partial charge in [0.2, 0.25) is 18.2 Å². The standard InChI is InChI=1S/C21H34N8O/c1-6-29(7-2)12-8-11-22-18-26-17(21(3,4)5)27-19(28-18)23-14-9-10-15-16(13-14)25-20(30)24-15/h9-10,13,20,24-25,30H,6-8,11-12H2,1-5H3,(H2,22,23,26,27,28). The highest BCUT2D eigenvalue weighted by atomic mass is 16.3. The second kappa shape index (κ2) is 9.44. The Balaban J connectivity index is 1.72. The number of fused-ring (bicyclic) bond motifs is 1. The van der Waals surface area contributed by atoms with Crippen molar-refractivity contribution in [2.24, 2.45) is 0 Å². The molecule has 30 heavy (non-hydrogen) atoms. The van der Waals surface area contributed by atoms with E-state index in [0.717, 1.165) is 55.5 Å². The lowest BCUT2D eigenvalue weighted by molar-refractivity contribution is 0.238. The summed E-state index contributed by atoms with van der Waals surface area (Å²) in [5.74, 6) is 1.79. The van der Waals surface area contributed by atoms with Gasteiger partial charge < -0.3 is 31.3 Å². The molecule has 3 rings (SSSR count). The topological polar surface area (TPSA) is 110 Å². The first-order chi connectivity index (χ1) is 14.3. The molecule has 164 valence electrons. The first-order valence-electron chi connectivity index (χ1n) is 10.6. The van der Waals surface area contributed by atoms with Gasteiger partial charge in [0.15, 0.2) is 0 Å². The number of hydrogen-bond donors (Lipinski definition) is 5. The van der Waals surface area contributed by atoms with Gasteiger partial charge in [0.05, 0.1) is 11.4 Å². The van der Waals surface area contributed by atoms with Crippen molar-refractivity contribution in [2.45, 2.75) is 52.8 Å². The van der Waals surface area contributed by atoms with Crippen LogP contribution in [-0.4, -0.2) is 57.5 Å². The van der Waals surface area contributed by atoms with Crippen molar-refractivity contribution in [3.8, 4) is 0 Å². The lowest BCUT2D eigenvalue weighted by Gasteiger charge is -2.20. The van der Waals surface area contributed by atoms with Crippen molar-refractivity contribution >= 4 is 29.0 Å². The van der Waals surface area contributed by atoms with Crippen molar-refractivity contribution < 1.29 is 5.11 Å². The Bertz CT molecular complexity index is 847. The Morgan fingerprint density at radius 2 is 1.73 bits per heavy atom. The largest absolute Gasteiger partial charge is 0.357 e. The highest BCUT2D eigenvalue weighted by Crippen LogP contribution is 2.32. The van der Waals surface area contributed by atoms with E-state index in [1.807, 2.05) is 18.2 Å². The number of hydrogen-bond acceptors (Lipinski definition) is 9. The molecule has 2 aromatic rings. The van der Waals surface area contributed by atoms with Crippen LogP contribution < -0.4 is 21.3 Å². The summed E-state index contributed by atoms with van der Waals surface area (Å²) >= 11 is 0. The summed E-state index contributed by atoms with van der Waals surface area (Å²) < 4.78 is 0. The number of rotatable bonds is 9. The Kier molecular flexibility index (Phi) is 6.94. The Morgan fingerprint density at radius 3 is 2.43 bits per heavy atom. The molecular formula is C21H34N8O. The van der Waals surface area contributed by atoms with Gasteiger partial charge in [0.1, 0.15) is 5.82 Å².